The van der Waals surface area contributed by atoms with Gasteiger partial charge in [-0.1, -0.05) is 6.07 Å². The number of fused-ring (bicyclic) bond motifs is 1. The molecule has 0 aliphatic carbocycles. The SMILES string of the molecule is CCN1C(=O)COc2cc(CN3CCOCC3)ccc21. The molecule has 0 N–H and O–H groups in total. The van der Waals surface area contributed by atoms with Crippen molar-refractivity contribution in [3.8, 4) is 5.75 Å². The minimum Gasteiger partial charge on any atom is -0.482 e. The summed E-state index contributed by atoms with van der Waals surface area (Å²) in [6.07, 6.45) is 0. The van der Waals surface area contributed by atoms with E-state index in [4.69, 9.17) is 9.47 Å². The highest BCUT2D eigenvalue weighted by Gasteiger charge is 2.24. The molecule has 0 unspecified atom stereocenters. The van der Waals surface area contributed by atoms with E-state index >= 15 is 0 Å². The lowest BCUT2D eigenvalue weighted by atomic mass is 10.1. The Kier molecular flexibility index (Phi) is 3.89. The molecule has 0 aromatic heterocycles. The van der Waals surface area contributed by atoms with E-state index in [9.17, 15) is 4.79 Å². The van der Waals surface area contributed by atoms with Gasteiger partial charge in [0.25, 0.3) is 5.91 Å². The van der Waals surface area contributed by atoms with Crippen molar-refractivity contribution < 1.29 is 14.3 Å². The van der Waals surface area contributed by atoms with Crippen molar-refractivity contribution in [3.05, 3.63) is 23.8 Å². The monoisotopic (exact) mass is 276 g/mol. The number of anilines is 1. The highest BCUT2D eigenvalue weighted by Crippen LogP contribution is 2.33. The van der Waals surface area contributed by atoms with Gasteiger partial charge in [-0.2, -0.15) is 0 Å². The summed E-state index contributed by atoms with van der Waals surface area (Å²) in [5, 5.41) is 0. The molecule has 0 bridgehead atoms. The largest absolute Gasteiger partial charge is 0.482 e. The maximum absolute atomic E-state index is 11.8. The van der Waals surface area contributed by atoms with Crippen molar-refractivity contribution in [2.45, 2.75) is 13.5 Å². The maximum Gasteiger partial charge on any atom is 0.265 e. The van der Waals surface area contributed by atoms with Crippen LogP contribution in [-0.4, -0.2) is 50.3 Å². The molecular formula is C15H20N2O3. The first-order valence-electron chi connectivity index (χ1n) is 7.14. The third kappa shape index (κ3) is 2.64. The normalized spacial score (nSPS) is 19.6. The minimum atomic E-state index is 0.0286. The van der Waals surface area contributed by atoms with Gasteiger partial charge in [-0.15, -0.1) is 0 Å². The molecule has 1 fully saturated rings. The summed E-state index contributed by atoms with van der Waals surface area (Å²) in [7, 11) is 0. The fraction of sp³-hybridized carbons (Fsp3) is 0.533. The van der Waals surface area contributed by atoms with Gasteiger partial charge < -0.3 is 14.4 Å². The second-order valence-electron chi connectivity index (χ2n) is 5.12. The molecule has 1 amide bonds. The Labute approximate surface area is 119 Å². The van der Waals surface area contributed by atoms with Gasteiger partial charge in [-0.25, -0.2) is 0 Å². The van der Waals surface area contributed by atoms with Crippen LogP contribution in [0.2, 0.25) is 0 Å². The molecule has 0 spiro atoms. The standard InChI is InChI=1S/C15H20N2O3/c1-2-17-13-4-3-12(9-14(13)20-11-15(17)18)10-16-5-7-19-8-6-16/h3-4,9H,2,5-8,10-11H2,1H3. The van der Waals surface area contributed by atoms with Crippen LogP contribution >= 0.6 is 0 Å². The quantitative estimate of drug-likeness (QED) is 0.833. The third-order valence-corrected chi connectivity index (χ3v) is 3.79. The molecule has 2 heterocycles. The Morgan fingerprint density at radius 1 is 1.25 bits per heavy atom. The van der Waals surface area contributed by atoms with Crippen molar-refractivity contribution in [3.63, 3.8) is 0 Å². The molecular weight excluding hydrogens is 256 g/mol. The van der Waals surface area contributed by atoms with Gasteiger partial charge in [-0.05, 0) is 24.6 Å². The number of hydrogen-bond acceptors (Lipinski definition) is 4. The van der Waals surface area contributed by atoms with E-state index in [-0.39, 0.29) is 12.5 Å². The summed E-state index contributed by atoms with van der Waals surface area (Å²) in [4.78, 5) is 15.9. The lowest BCUT2D eigenvalue weighted by Crippen LogP contribution is -2.38. The third-order valence-electron chi connectivity index (χ3n) is 3.79. The molecule has 5 heteroatoms. The second kappa shape index (κ2) is 5.81. The van der Waals surface area contributed by atoms with Crippen LogP contribution in [0.3, 0.4) is 0 Å². The number of likely N-dealkylation sites (N-methyl/N-ethyl adjacent to an activating group) is 1. The van der Waals surface area contributed by atoms with E-state index in [2.05, 4.69) is 17.0 Å². The zero-order valence-electron chi connectivity index (χ0n) is 11.8. The fourth-order valence-electron chi connectivity index (χ4n) is 2.71. The van der Waals surface area contributed by atoms with Gasteiger partial charge in [0.05, 0.1) is 18.9 Å². The number of amides is 1. The summed E-state index contributed by atoms with van der Waals surface area (Å²) < 4.78 is 10.9. The Morgan fingerprint density at radius 2 is 2.05 bits per heavy atom. The molecule has 1 aromatic carbocycles. The van der Waals surface area contributed by atoms with E-state index in [1.165, 1.54) is 5.56 Å². The fourth-order valence-corrected chi connectivity index (χ4v) is 2.71. The van der Waals surface area contributed by atoms with Crippen molar-refractivity contribution in [2.75, 3.05) is 44.4 Å². The van der Waals surface area contributed by atoms with Crippen LogP contribution in [0.5, 0.6) is 5.75 Å². The van der Waals surface area contributed by atoms with E-state index in [0.29, 0.717) is 6.54 Å². The molecule has 20 heavy (non-hydrogen) atoms. The molecule has 2 aliphatic rings. The Balaban J connectivity index is 1.77. The number of morpholine rings is 1. The first-order chi connectivity index (χ1) is 9.78. The molecule has 3 rings (SSSR count). The summed E-state index contributed by atoms with van der Waals surface area (Å²) in [5.74, 6) is 0.845. The summed E-state index contributed by atoms with van der Waals surface area (Å²) in [6, 6.07) is 6.13. The predicted molar refractivity (Wildman–Crippen MR) is 76.1 cm³/mol. The number of hydrogen-bond donors (Lipinski definition) is 0. The maximum atomic E-state index is 11.8. The highest BCUT2D eigenvalue weighted by molar-refractivity contribution is 5.97. The number of ether oxygens (including phenoxy) is 2. The van der Waals surface area contributed by atoms with Gasteiger partial charge in [0.1, 0.15) is 5.75 Å². The molecule has 1 aromatic rings. The van der Waals surface area contributed by atoms with Crippen molar-refractivity contribution in [1.29, 1.82) is 0 Å². The smallest absolute Gasteiger partial charge is 0.265 e. The molecule has 1 saturated heterocycles. The molecule has 2 aliphatic heterocycles. The van der Waals surface area contributed by atoms with Crippen LogP contribution in [0, 0.1) is 0 Å². The number of nitrogens with zero attached hydrogens (tertiary/aromatic N) is 2. The van der Waals surface area contributed by atoms with Gasteiger partial charge in [-0.3, -0.25) is 9.69 Å². The van der Waals surface area contributed by atoms with E-state index < -0.39 is 0 Å². The van der Waals surface area contributed by atoms with E-state index in [0.717, 1.165) is 44.3 Å². The second-order valence-corrected chi connectivity index (χ2v) is 5.12. The Bertz CT molecular complexity index is 498. The van der Waals surface area contributed by atoms with Crippen molar-refractivity contribution in [1.82, 2.24) is 4.90 Å². The average molecular weight is 276 g/mol. The van der Waals surface area contributed by atoms with Crippen LogP contribution in [0.4, 0.5) is 5.69 Å². The number of carbonyl (C=O) groups is 1. The zero-order chi connectivity index (χ0) is 13.9. The average Bonchev–Trinajstić information content (AvgIpc) is 2.48. The van der Waals surface area contributed by atoms with Gasteiger partial charge in [0.2, 0.25) is 0 Å². The van der Waals surface area contributed by atoms with E-state index in [1.807, 2.05) is 13.0 Å². The molecule has 0 radical (unpaired) electrons. The lowest BCUT2D eigenvalue weighted by Gasteiger charge is -2.30. The molecule has 108 valence electrons. The van der Waals surface area contributed by atoms with Crippen molar-refractivity contribution in [2.24, 2.45) is 0 Å². The molecule has 0 atom stereocenters. The first kappa shape index (κ1) is 13.4. The predicted octanol–water partition coefficient (Wildman–Crippen LogP) is 1.26. The first-order valence-corrected chi connectivity index (χ1v) is 7.14. The minimum absolute atomic E-state index is 0.0286. The molecule has 0 saturated carbocycles. The van der Waals surface area contributed by atoms with Crippen molar-refractivity contribution >= 4 is 11.6 Å². The Morgan fingerprint density at radius 3 is 2.80 bits per heavy atom. The topological polar surface area (TPSA) is 42.0 Å². The van der Waals surface area contributed by atoms with Crippen LogP contribution < -0.4 is 9.64 Å². The summed E-state index contributed by atoms with van der Waals surface area (Å²) in [5.41, 5.74) is 2.10. The zero-order valence-corrected chi connectivity index (χ0v) is 11.8. The highest BCUT2D eigenvalue weighted by atomic mass is 16.5. The number of carbonyl (C=O) groups excluding carboxylic acids is 1. The van der Waals surface area contributed by atoms with Crippen LogP contribution in [0.1, 0.15) is 12.5 Å². The number of rotatable bonds is 3. The van der Waals surface area contributed by atoms with Crippen LogP contribution in [0.15, 0.2) is 18.2 Å². The van der Waals surface area contributed by atoms with E-state index in [1.54, 1.807) is 4.90 Å². The summed E-state index contributed by atoms with van der Waals surface area (Å²) >= 11 is 0. The van der Waals surface area contributed by atoms with Crippen LogP contribution in [-0.2, 0) is 16.1 Å². The molecule has 5 nitrogen and oxygen atoms in total. The lowest BCUT2D eigenvalue weighted by molar-refractivity contribution is -0.121. The Hall–Kier alpha value is -1.59. The van der Waals surface area contributed by atoms with Gasteiger partial charge in [0, 0.05) is 26.2 Å². The van der Waals surface area contributed by atoms with Crippen LogP contribution in [0.25, 0.3) is 0 Å². The van der Waals surface area contributed by atoms with Gasteiger partial charge in [0.15, 0.2) is 6.61 Å². The summed E-state index contributed by atoms with van der Waals surface area (Å²) in [6.45, 7) is 7.25. The number of benzene rings is 1. The van der Waals surface area contributed by atoms with Gasteiger partial charge >= 0.3 is 0 Å².